The number of rotatable bonds is 2. The lowest BCUT2D eigenvalue weighted by Crippen LogP contribution is -2.16. The van der Waals surface area contributed by atoms with E-state index in [1.54, 1.807) is 0 Å². The number of hydrogen-bond acceptors (Lipinski definition) is 2. The maximum Gasteiger partial charge on any atom is 0.433 e. The molecule has 2 rings (SSSR count). The molecule has 0 unspecified atom stereocenters. The molecule has 0 aliphatic heterocycles. The van der Waals surface area contributed by atoms with Crippen molar-refractivity contribution >= 4 is 23.2 Å². The highest BCUT2D eigenvalue weighted by atomic mass is 35.5. The average molecular weight is 310 g/mol. The molecule has 0 bridgehead atoms. The summed E-state index contributed by atoms with van der Waals surface area (Å²) in [5, 5.41) is 4.11. The quantitative estimate of drug-likeness (QED) is 0.920. The van der Waals surface area contributed by atoms with Crippen LogP contribution in [0.1, 0.15) is 11.3 Å². The third kappa shape index (κ3) is 2.70. The van der Waals surface area contributed by atoms with Gasteiger partial charge in [-0.1, -0.05) is 23.2 Å². The summed E-state index contributed by atoms with van der Waals surface area (Å²) in [5.41, 5.74) is 4.47. The average Bonchev–Trinajstić information content (AvgIpc) is 2.76. The summed E-state index contributed by atoms with van der Waals surface area (Å²) in [5.74, 6) is 0. The van der Waals surface area contributed by atoms with Gasteiger partial charge >= 0.3 is 6.18 Å². The fraction of sp³-hybridized carbons (Fsp3) is 0.182. The Balaban J connectivity index is 2.62. The standard InChI is InChI=1S/C11H8Cl2F3N3/c12-8-2-1-7(3-9(8)13)19-10(11(14,15)16)6(4-17)5-18-19/h1-3,5H,4,17H2. The summed E-state index contributed by atoms with van der Waals surface area (Å²) >= 11 is 11.5. The first-order valence-electron chi connectivity index (χ1n) is 5.14. The Kier molecular flexibility index (Phi) is 3.75. The molecule has 1 aromatic carbocycles. The van der Waals surface area contributed by atoms with Crippen molar-refractivity contribution in [3.63, 3.8) is 0 Å². The van der Waals surface area contributed by atoms with Crippen molar-refractivity contribution < 1.29 is 13.2 Å². The molecule has 0 aliphatic rings. The third-order valence-electron chi connectivity index (χ3n) is 2.48. The molecule has 102 valence electrons. The molecule has 1 aromatic heterocycles. The van der Waals surface area contributed by atoms with E-state index in [2.05, 4.69) is 5.10 Å². The highest BCUT2D eigenvalue weighted by molar-refractivity contribution is 6.42. The Morgan fingerprint density at radius 2 is 1.89 bits per heavy atom. The van der Waals surface area contributed by atoms with Gasteiger partial charge < -0.3 is 5.73 Å². The van der Waals surface area contributed by atoms with Crippen LogP contribution in [0.4, 0.5) is 13.2 Å². The van der Waals surface area contributed by atoms with Crippen molar-refractivity contribution in [2.75, 3.05) is 0 Å². The SMILES string of the molecule is NCc1cnn(-c2ccc(Cl)c(Cl)c2)c1C(F)(F)F. The van der Waals surface area contributed by atoms with Crippen molar-refractivity contribution in [1.82, 2.24) is 9.78 Å². The van der Waals surface area contributed by atoms with Gasteiger partial charge in [0.25, 0.3) is 0 Å². The smallest absolute Gasteiger partial charge is 0.326 e. The maximum atomic E-state index is 13.0. The maximum absolute atomic E-state index is 13.0. The summed E-state index contributed by atoms with van der Waals surface area (Å²) < 4.78 is 39.8. The number of halogens is 5. The summed E-state index contributed by atoms with van der Waals surface area (Å²) in [6.07, 6.45) is -3.47. The van der Waals surface area contributed by atoms with E-state index in [0.717, 1.165) is 10.9 Å². The molecule has 0 saturated carbocycles. The van der Waals surface area contributed by atoms with E-state index in [1.807, 2.05) is 0 Å². The first-order chi connectivity index (χ1) is 8.84. The third-order valence-corrected chi connectivity index (χ3v) is 3.22. The van der Waals surface area contributed by atoms with Crippen LogP contribution in [-0.4, -0.2) is 9.78 Å². The Morgan fingerprint density at radius 1 is 1.21 bits per heavy atom. The fourth-order valence-corrected chi connectivity index (χ4v) is 1.94. The zero-order valence-corrected chi connectivity index (χ0v) is 10.9. The molecule has 2 N–H and O–H groups in total. The second kappa shape index (κ2) is 5.03. The van der Waals surface area contributed by atoms with E-state index in [1.165, 1.54) is 18.2 Å². The summed E-state index contributed by atoms with van der Waals surface area (Å²) in [7, 11) is 0. The minimum atomic E-state index is -4.56. The highest BCUT2D eigenvalue weighted by Crippen LogP contribution is 2.34. The van der Waals surface area contributed by atoms with Crippen LogP contribution in [-0.2, 0) is 12.7 Å². The van der Waals surface area contributed by atoms with E-state index in [4.69, 9.17) is 28.9 Å². The summed E-state index contributed by atoms with van der Waals surface area (Å²) in [4.78, 5) is 0. The van der Waals surface area contributed by atoms with Crippen LogP contribution in [0.25, 0.3) is 5.69 Å². The number of nitrogens with two attached hydrogens (primary N) is 1. The lowest BCUT2D eigenvalue weighted by molar-refractivity contribution is -0.143. The van der Waals surface area contributed by atoms with Crippen LogP contribution >= 0.6 is 23.2 Å². The normalized spacial score (nSPS) is 11.9. The molecular weight excluding hydrogens is 302 g/mol. The zero-order chi connectivity index (χ0) is 14.2. The van der Waals surface area contributed by atoms with Crippen LogP contribution in [0, 0.1) is 0 Å². The van der Waals surface area contributed by atoms with Crippen LogP contribution in [0.5, 0.6) is 0 Å². The molecule has 19 heavy (non-hydrogen) atoms. The monoisotopic (exact) mass is 309 g/mol. The summed E-state index contributed by atoms with van der Waals surface area (Å²) in [6, 6.07) is 4.12. The summed E-state index contributed by atoms with van der Waals surface area (Å²) in [6.45, 7) is -0.254. The van der Waals surface area contributed by atoms with Gasteiger partial charge in [-0.25, -0.2) is 4.68 Å². The lowest BCUT2D eigenvalue weighted by Gasteiger charge is -2.12. The van der Waals surface area contributed by atoms with Crippen molar-refractivity contribution in [3.8, 4) is 5.69 Å². The van der Waals surface area contributed by atoms with Crippen LogP contribution in [0.15, 0.2) is 24.4 Å². The predicted molar refractivity (Wildman–Crippen MR) is 66.5 cm³/mol. The predicted octanol–water partition coefficient (Wildman–Crippen LogP) is 3.66. The van der Waals surface area contributed by atoms with Gasteiger partial charge in [-0.3, -0.25) is 0 Å². The molecule has 0 aliphatic carbocycles. The fourth-order valence-electron chi connectivity index (χ4n) is 1.65. The highest BCUT2D eigenvalue weighted by Gasteiger charge is 2.38. The number of nitrogens with zero attached hydrogens (tertiary/aromatic N) is 2. The first-order valence-corrected chi connectivity index (χ1v) is 5.89. The van der Waals surface area contributed by atoms with E-state index in [-0.39, 0.29) is 27.8 Å². The topological polar surface area (TPSA) is 43.8 Å². The Morgan fingerprint density at radius 3 is 2.42 bits per heavy atom. The van der Waals surface area contributed by atoms with Crippen molar-refractivity contribution in [2.24, 2.45) is 5.73 Å². The van der Waals surface area contributed by atoms with Crippen LogP contribution < -0.4 is 5.73 Å². The van der Waals surface area contributed by atoms with Crippen molar-refractivity contribution in [3.05, 3.63) is 45.7 Å². The largest absolute Gasteiger partial charge is 0.433 e. The van der Waals surface area contributed by atoms with Crippen molar-refractivity contribution in [2.45, 2.75) is 12.7 Å². The van der Waals surface area contributed by atoms with Gasteiger partial charge in [0.05, 0.1) is 21.9 Å². The minimum Gasteiger partial charge on any atom is -0.326 e. The second-order valence-corrected chi connectivity index (χ2v) is 4.54. The Hall–Kier alpha value is -1.24. The van der Waals surface area contributed by atoms with Gasteiger partial charge in [-0.05, 0) is 18.2 Å². The number of hydrogen-bond donors (Lipinski definition) is 1. The lowest BCUT2D eigenvalue weighted by atomic mass is 10.2. The van der Waals surface area contributed by atoms with E-state index in [0.29, 0.717) is 0 Å². The molecule has 0 atom stereocenters. The Labute approximate surface area is 116 Å². The van der Waals surface area contributed by atoms with Gasteiger partial charge in [0.15, 0.2) is 5.69 Å². The second-order valence-electron chi connectivity index (χ2n) is 3.73. The number of aromatic nitrogens is 2. The van der Waals surface area contributed by atoms with Gasteiger partial charge in [0.2, 0.25) is 0 Å². The van der Waals surface area contributed by atoms with Gasteiger partial charge in [0, 0.05) is 12.1 Å². The number of benzene rings is 1. The van der Waals surface area contributed by atoms with Crippen LogP contribution in [0.3, 0.4) is 0 Å². The van der Waals surface area contributed by atoms with Gasteiger partial charge in [-0.2, -0.15) is 18.3 Å². The minimum absolute atomic E-state index is 0.0847. The van der Waals surface area contributed by atoms with Gasteiger partial charge in [0.1, 0.15) is 0 Å². The zero-order valence-electron chi connectivity index (χ0n) is 9.38. The molecule has 0 radical (unpaired) electrons. The molecule has 2 aromatic rings. The van der Waals surface area contributed by atoms with E-state index >= 15 is 0 Å². The molecule has 0 spiro atoms. The van der Waals surface area contributed by atoms with Gasteiger partial charge in [-0.15, -0.1) is 0 Å². The molecule has 0 fully saturated rings. The van der Waals surface area contributed by atoms with Crippen LogP contribution in [0.2, 0.25) is 10.0 Å². The van der Waals surface area contributed by atoms with Crippen molar-refractivity contribution in [1.29, 1.82) is 0 Å². The van der Waals surface area contributed by atoms with E-state index in [9.17, 15) is 13.2 Å². The first kappa shape index (κ1) is 14.2. The van der Waals surface area contributed by atoms with E-state index < -0.39 is 11.9 Å². The molecule has 0 saturated heterocycles. The molecular formula is C11H8Cl2F3N3. The molecule has 1 heterocycles. The molecule has 0 amide bonds. The Bertz CT molecular complexity index is 608. The molecule has 8 heteroatoms. The number of alkyl halides is 3. The molecule has 3 nitrogen and oxygen atoms in total.